The number of aliphatic hydroxyl groups excluding tert-OH is 1. The van der Waals surface area contributed by atoms with Crippen LogP contribution in [0, 0.1) is 12.3 Å². The van der Waals surface area contributed by atoms with Gasteiger partial charge in [-0.05, 0) is 33.1 Å². The van der Waals surface area contributed by atoms with Gasteiger partial charge in [-0.1, -0.05) is 20.8 Å². The molecule has 202 valence electrons. The Kier molecular flexibility index (Phi) is 8.53. The average molecular weight is 533 g/mol. The number of hydrogen-bond donors (Lipinski definition) is 3. The number of likely N-dealkylation sites (tertiary alicyclic amines) is 1. The summed E-state index contributed by atoms with van der Waals surface area (Å²) in [6.07, 6.45) is 1.73. The maximum absolute atomic E-state index is 13.5. The van der Waals surface area contributed by atoms with Gasteiger partial charge in [-0.3, -0.25) is 19.6 Å². The van der Waals surface area contributed by atoms with E-state index in [0.717, 1.165) is 10.6 Å². The Morgan fingerprint density at radius 2 is 1.86 bits per heavy atom. The lowest BCUT2D eigenvalue weighted by Gasteiger charge is -2.35. The molecule has 2 aromatic rings. The van der Waals surface area contributed by atoms with Crippen molar-refractivity contribution in [2.75, 3.05) is 6.54 Å². The lowest BCUT2D eigenvalue weighted by atomic mass is 9.85. The highest BCUT2D eigenvalue weighted by Gasteiger charge is 2.44. The number of aliphatic hydroxyl groups is 1. The summed E-state index contributed by atoms with van der Waals surface area (Å²) in [5.74, 6) is -0.877. The molecule has 0 radical (unpaired) electrons. The Hall–Kier alpha value is -3.12. The molecule has 0 unspecified atom stereocenters. The highest BCUT2D eigenvalue weighted by Crippen LogP contribution is 2.27. The molecule has 1 fully saturated rings. The van der Waals surface area contributed by atoms with Crippen LogP contribution in [0.3, 0.4) is 0 Å². The van der Waals surface area contributed by atoms with Crippen molar-refractivity contribution in [3.8, 4) is 10.6 Å². The van der Waals surface area contributed by atoms with Crippen molar-refractivity contribution < 1.29 is 24.2 Å². The number of carbonyl (C=O) groups excluding carboxylic acids is 3. The number of rotatable bonds is 6. The smallest absolute Gasteiger partial charge is 0.408 e. The van der Waals surface area contributed by atoms with Gasteiger partial charge in [0.2, 0.25) is 11.8 Å². The van der Waals surface area contributed by atoms with Gasteiger partial charge in [-0.25, -0.2) is 9.78 Å². The molecular weight excluding hydrogens is 496 g/mol. The van der Waals surface area contributed by atoms with E-state index in [-0.39, 0.29) is 19.5 Å². The number of aromatic nitrogens is 3. The van der Waals surface area contributed by atoms with Crippen LogP contribution in [0.25, 0.3) is 10.6 Å². The largest absolute Gasteiger partial charge is 0.444 e. The fourth-order valence-electron chi connectivity index (χ4n) is 3.95. The Morgan fingerprint density at radius 1 is 1.16 bits per heavy atom. The third-order valence-electron chi connectivity index (χ3n) is 5.77. The zero-order valence-corrected chi connectivity index (χ0v) is 23.2. The third kappa shape index (κ3) is 7.45. The lowest BCUT2D eigenvalue weighted by molar-refractivity contribution is -0.142. The number of ether oxygens (including phenoxy) is 1. The maximum atomic E-state index is 13.5. The first-order chi connectivity index (χ1) is 17.2. The molecule has 3 amide bonds. The molecule has 1 aliphatic rings. The molecule has 1 aliphatic heterocycles. The van der Waals surface area contributed by atoms with Crippen molar-refractivity contribution >= 4 is 29.2 Å². The first kappa shape index (κ1) is 28.5. The third-order valence-corrected chi connectivity index (χ3v) is 6.72. The Bertz CT molecular complexity index is 1120. The number of nitrogens with zero attached hydrogens (tertiary/aromatic N) is 4. The first-order valence-electron chi connectivity index (χ1n) is 12.1. The van der Waals surface area contributed by atoms with Gasteiger partial charge in [0.15, 0.2) is 0 Å². The molecule has 0 aromatic carbocycles. The van der Waals surface area contributed by atoms with E-state index in [1.165, 1.54) is 16.2 Å². The van der Waals surface area contributed by atoms with Gasteiger partial charge < -0.3 is 25.4 Å². The monoisotopic (exact) mass is 532 g/mol. The summed E-state index contributed by atoms with van der Waals surface area (Å²) in [5.41, 5.74) is 2.47. The minimum Gasteiger partial charge on any atom is -0.444 e. The van der Waals surface area contributed by atoms with Crippen LogP contribution in [0.1, 0.15) is 59.4 Å². The highest BCUT2D eigenvalue weighted by molar-refractivity contribution is 7.13. The van der Waals surface area contributed by atoms with Crippen LogP contribution in [0.15, 0.2) is 17.9 Å². The Morgan fingerprint density at radius 3 is 2.41 bits per heavy atom. The minimum atomic E-state index is -0.962. The SMILES string of the molecule is Cc1ncsc1-c1cnc(CNC(=O)[C@@H]2C[C@@H](O)CN2C(=O)[C@@H](NC(=O)OC(C)(C)C)C(C)(C)C)cn1. The predicted molar refractivity (Wildman–Crippen MR) is 138 cm³/mol. The van der Waals surface area contributed by atoms with E-state index in [1.807, 2.05) is 27.7 Å². The van der Waals surface area contributed by atoms with Gasteiger partial charge in [-0.15, -0.1) is 11.3 Å². The zero-order chi connectivity index (χ0) is 27.5. The second kappa shape index (κ2) is 11.1. The summed E-state index contributed by atoms with van der Waals surface area (Å²) in [5, 5.41) is 15.8. The summed E-state index contributed by atoms with van der Waals surface area (Å²) in [7, 11) is 0. The van der Waals surface area contributed by atoms with Crippen molar-refractivity contribution in [1.82, 2.24) is 30.5 Å². The number of aryl methyl sites for hydroxylation is 1. The molecule has 3 atom stereocenters. The maximum Gasteiger partial charge on any atom is 0.408 e. The van der Waals surface area contributed by atoms with Crippen LogP contribution in [-0.2, 0) is 20.9 Å². The van der Waals surface area contributed by atoms with Crippen LogP contribution >= 0.6 is 11.3 Å². The van der Waals surface area contributed by atoms with E-state index >= 15 is 0 Å². The molecule has 2 aromatic heterocycles. The van der Waals surface area contributed by atoms with Gasteiger partial charge in [0.05, 0.1) is 46.8 Å². The summed E-state index contributed by atoms with van der Waals surface area (Å²) in [6.45, 7) is 12.6. The fraction of sp³-hybridized carbons (Fsp3) is 0.600. The van der Waals surface area contributed by atoms with Crippen molar-refractivity contribution in [1.29, 1.82) is 0 Å². The quantitative estimate of drug-likeness (QED) is 0.514. The molecule has 37 heavy (non-hydrogen) atoms. The van der Waals surface area contributed by atoms with Crippen LogP contribution in [0.5, 0.6) is 0 Å². The summed E-state index contributed by atoms with van der Waals surface area (Å²) in [6, 6.07) is -1.85. The molecule has 3 heterocycles. The van der Waals surface area contributed by atoms with E-state index < -0.39 is 47.1 Å². The molecule has 0 spiro atoms. The van der Waals surface area contributed by atoms with Gasteiger partial charge in [0.1, 0.15) is 23.4 Å². The number of carbonyl (C=O) groups is 3. The Labute approximate surface area is 221 Å². The number of nitrogens with one attached hydrogen (secondary N) is 2. The molecule has 3 rings (SSSR count). The van der Waals surface area contributed by atoms with E-state index in [1.54, 1.807) is 38.7 Å². The van der Waals surface area contributed by atoms with Gasteiger partial charge in [0.25, 0.3) is 0 Å². The van der Waals surface area contributed by atoms with Crippen LogP contribution in [0.2, 0.25) is 0 Å². The number of alkyl carbamates (subject to hydrolysis) is 1. The average Bonchev–Trinajstić information content (AvgIpc) is 3.39. The van der Waals surface area contributed by atoms with E-state index in [2.05, 4.69) is 25.6 Å². The van der Waals surface area contributed by atoms with E-state index in [4.69, 9.17) is 4.74 Å². The molecule has 0 aliphatic carbocycles. The predicted octanol–water partition coefficient (Wildman–Crippen LogP) is 2.43. The van der Waals surface area contributed by atoms with Crippen molar-refractivity contribution in [3.63, 3.8) is 0 Å². The number of thiazole rings is 1. The summed E-state index contributed by atoms with van der Waals surface area (Å²) >= 11 is 1.48. The topological polar surface area (TPSA) is 147 Å². The standard InChI is InChI=1S/C25H36N6O5S/c1-14-19(37-13-29-14)17-11-26-15(9-27-17)10-28-21(33)18-8-16(32)12-31(18)22(34)20(24(2,3)4)30-23(35)36-25(5,6)7/h9,11,13,16,18,20,32H,8,10,12H2,1-7H3,(H,28,33)(H,30,35)/t16-,18+,20-/m1/s1. The molecule has 1 saturated heterocycles. The minimum absolute atomic E-state index is 0.0117. The lowest BCUT2D eigenvalue weighted by Crippen LogP contribution is -2.58. The number of amides is 3. The van der Waals surface area contributed by atoms with Crippen LogP contribution in [-0.4, -0.2) is 73.2 Å². The molecule has 3 N–H and O–H groups in total. The zero-order valence-electron chi connectivity index (χ0n) is 22.4. The summed E-state index contributed by atoms with van der Waals surface area (Å²) < 4.78 is 5.33. The van der Waals surface area contributed by atoms with Crippen molar-refractivity contribution in [2.45, 2.75) is 85.2 Å². The highest BCUT2D eigenvalue weighted by atomic mass is 32.1. The molecule has 11 nitrogen and oxygen atoms in total. The normalized spacial score (nSPS) is 18.9. The first-order valence-corrected chi connectivity index (χ1v) is 13.0. The second-order valence-corrected chi connectivity index (χ2v) is 12.1. The van der Waals surface area contributed by atoms with E-state index in [0.29, 0.717) is 11.4 Å². The second-order valence-electron chi connectivity index (χ2n) is 11.2. The molecular formula is C25H36N6O5S. The van der Waals surface area contributed by atoms with Gasteiger partial charge in [0, 0.05) is 13.0 Å². The van der Waals surface area contributed by atoms with Crippen molar-refractivity contribution in [3.05, 3.63) is 29.3 Å². The number of hydrogen-bond acceptors (Lipinski definition) is 9. The Balaban J connectivity index is 1.68. The molecule has 0 bridgehead atoms. The van der Waals surface area contributed by atoms with Crippen molar-refractivity contribution in [2.24, 2.45) is 5.41 Å². The fourth-order valence-corrected chi connectivity index (χ4v) is 4.72. The summed E-state index contributed by atoms with van der Waals surface area (Å²) in [4.78, 5) is 54.3. The number of β-amino-alcohol motifs (C(OH)–C–C–N with tert-alkyl or cyclic N) is 1. The van der Waals surface area contributed by atoms with Crippen LogP contribution < -0.4 is 10.6 Å². The van der Waals surface area contributed by atoms with Crippen LogP contribution in [0.4, 0.5) is 4.79 Å². The van der Waals surface area contributed by atoms with Gasteiger partial charge >= 0.3 is 6.09 Å². The van der Waals surface area contributed by atoms with E-state index in [9.17, 15) is 19.5 Å². The molecule has 0 saturated carbocycles. The van der Waals surface area contributed by atoms with Gasteiger partial charge in [-0.2, -0.15) is 0 Å². The molecule has 12 heteroatoms.